The van der Waals surface area contributed by atoms with E-state index in [1.54, 1.807) is 20.8 Å². The van der Waals surface area contributed by atoms with E-state index in [2.05, 4.69) is 4.98 Å². The van der Waals surface area contributed by atoms with Crippen molar-refractivity contribution in [2.45, 2.75) is 33.3 Å². The largest absolute Gasteiger partial charge is 0.389 e. The van der Waals surface area contributed by atoms with Crippen LogP contribution >= 0.6 is 0 Å². The molecule has 1 aromatic heterocycles. The minimum absolute atomic E-state index is 0.0180. The zero-order valence-corrected chi connectivity index (χ0v) is 11.2. The Balaban J connectivity index is 3.04. The number of nitro groups is 1. The van der Waals surface area contributed by atoms with Crippen LogP contribution < -0.4 is 4.90 Å². The predicted molar refractivity (Wildman–Crippen MR) is 69.8 cm³/mol. The molecule has 0 unspecified atom stereocenters. The third kappa shape index (κ3) is 3.66. The van der Waals surface area contributed by atoms with Gasteiger partial charge < -0.3 is 10.0 Å². The van der Waals surface area contributed by atoms with Crippen molar-refractivity contribution in [2.75, 3.05) is 18.0 Å². The number of nitrogens with zero attached hydrogens (tertiary/aromatic N) is 3. The first kappa shape index (κ1) is 14.4. The lowest BCUT2D eigenvalue weighted by Crippen LogP contribution is -2.39. The summed E-state index contributed by atoms with van der Waals surface area (Å²) in [6.07, 6.45) is 1.25. The number of hydrogen-bond acceptors (Lipinski definition) is 5. The summed E-state index contributed by atoms with van der Waals surface area (Å²) in [4.78, 5) is 16.2. The van der Waals surface area contributed by atoms with Crippen LogP contribution in [-0.2, 0) is 0 Å². The number of aryl methyl sites for hydroxylation is 1. The minimum atomic E-state index is -0.841. The molecule has 18 heavy (non-hydrogen) atoms. The average molecular weight is 253 g/mol. The first-order valence-corrected chi connectivity index (χ1v) is 5.83. The molecule has 0 saturated heterocycles. The third-order valence-electron chi connectivity index (χ3n) is 2.51. The van der Waals surface area contributed by atoms with E-state index >= 15 is 0 Å². The Bertz CT molecular complexity index is 441. The third-order valence-corrected chi connectivity index (χ3v) is 2.51. The highest BCUT2D eigenvalue weighted by Gasteiger charge is 2.20. The molecule has 6 heteroatoms. The normalized spacial score (nSPS) is 11.4. The van der Waals surface area contributed by atoms with E-state index in [-0.39, 0.29) is 5.69 Å². The molecular weight excluding hydrogens is 234 g/mol. The molecule has 0 amide bonds. The topological polar surface area (TPSA) is 79.5 Å². The van der Waals surface area contributed by atoms with Crippen LogP contribution in [0.15, 0.2) is 12.3 Å². The Hall–Kier alpha value is -1.69. The van der Waals surface area contributed by atoms with Gasteiger partial charge in [0.1, 0.15) is 12.0 Å². The van der Waals surface area contributed by atoms with Gasteiger partial charge >= 0.3 is 0 Å². The van der Waals surface area contributed by atoms with Crippen LogP contribution in [0.4, 0.5) is 11.5 Å². The smallest absolute Gasteiger partial charge is 0.287 e. The Kier molecular flexibility index (Phi) is 4.24. The molecule has 0 spiro atoms. The molecule has 0 atom stereocenters. The van der Waals surface area contributed by atoms with Crippen molar-refractivity contribution < 1.29 is 10.0 Å². The van der Waals surface area contributed by atoms with Gasteiger partial charge in [0, 0.05) is 19.2 Å². The summed E-state index contributed by atoms with van der Waals surface area (Å²) >= 11 is 0. The number of hydrogen-bond donors (Lipinski definition) is 1. The molecule has 0 radical (unpaired) electrons. The summed E-state index contributed by atoms with van der Waals surface area (Å²) in [5, 5.41) is 20.5. The highest BCUT2D eigenvalue weighted by Crippen LogP contribution is 2.22. The Morgan fingerprint density at radius 1 is 1.56 bits per heavy atom. The van der Waals surface area contributed by atoms with Gasteiger partial charge in [0.05, 0.1) is 10.5 Å². The second kappa shape index (κ2) is 5.30. The lowest BCUT2D eigenvalue weighted by Gasteiger charge is -2.29. The van der Waals surface area contributed by atoms with Gasteiger partial charge in [0.15, 0.2) is 0 Å². The van der Waals surface area contributed by atoms with Crippen molar-refractivity contribution >= 4 is 11.5 Å². The van der Waals surface area contributed by atoms with Crippen molar-refractivity contribution in [3.05, 3.63) is 27.9 Å². The number of anilines is 1. The van der Waals surface area contributed by atoms with Gasteiger partial charge in [-0.25, -0.2) is 4.98 Å². The summed E-state index contributed by atoms with van der Waals surface area (Å²) < 4.78 is 0. The van der Waals surface area contributed by atoms with Crippen LogP contribution in [0, 0.1) is 17.0 Å². The maximum absolute atomic E-state index is 10.6. The SMILES string of the molecule is CCN(CC(C)(C)O)c1ncc([N+](=O)[O-])cc1C. The van der Waals surface area contributed by atoms with Gasteiger partial charge in [-0.2, -0.15) is 0 Å². The van der Waals surface area contributed by atoms with Gasteiger partial charge in [-0.15, -0.1) is 0 Å². The zero-order chi connectivity index (χ0) is 13.9. The van der Waals surface area contributed by atoms with Gasteiger partial charge in [-0.05, 0) is 33.3 Å². The number of likely N-dealkylation sites (N-methyl/N-ethyl adjacent to an activating group) is 1. The Labute approximate surface area is 106 Å². The Morgan fingerprint density at radius 3 is 2.56 bits per heavy atom. The molecule has 1 N–H and O–H groups in total. The fraction of sp³-hybridized carbons (Fsp3) is 0.583. The maximum atomic E-state index is 10.6. The fourth-order valence-electron chi connectivity index (χ4n) is 1.79. The zero-order valence-electron chi connectivity index (χ0n) is 11.2. The summed E-state index contributed by atoms with van der Waals surface area (Å²) in [6.45, 7) is 8.27. The molecule has 0 aromatic carbocycles. The molecule has 1 heterocycles. The van der Waals surface area contributed by atoms with E-state index in [0.29, 0.717) is 18.9 Å². The van der Waals surface area contributed by atoms with Crippen LogP contribution in [0.25, 0.3) is 0 Å². The molecule has 1 aromatic rings. The van der Waals surface area contributed by atoms with Crippen molar-refractivity contribution in [1.29, 1.82) is 0 Å². The minimum Gasteiger partial charge on any atom is -0.389 e. The van der Waals surface area contributed by atoms with E-state index in [0.717, 1.165) is 5.56 Å². The number of aromatic nitrogens is 1. The first-order valence-electron chi connectivity index (χ1n) is 5.83. The second-order valence-corrected chi connectivity index (χ2v) is 4.92. The van der Waals surface area contributed by atoms with Gasteiger partial charge in [-0.3, -0.25) is 10.1 Å². The molecule has 0 saturated carbocycles. The van der Waals surface area contributed by atoms with Crippen molar-refractivity contribution in [3.8, 4) is 0 Å². The van der Waals surface area contributed by atoms with Crippen molar-refractivity contribution in [2.24, 2.45) is 0 Å². The molecule has 0 bridgehead atoms. The van der Waals surface area contributed by atoms with E-state index in [1.165, 1.54) is 12.3 Å². The molecule has 0 aliphatic carbocycles. The lowest BCUT2D eigenvalue weighted by atomic mass is 10.1. The molecule has 100 valence electrons. The van der Waals surface area contributed by atoms with Gasteiger partial charge in [0.2, 0.25) is 0 Å². The van der Waals surface area contributed by atoms with Crippen LogP contribution in [0.5, 0.6) is 0 Å². The summed E-state index contributed by atoms with van der Waals surface area (Å²) in [5.74, 6) is 0.672. The summed E-state index contributed by atoms with van der Waals surface area (Å²) in [6, 6.07) is 1.50. The highest BCUT2D eigenvalue weighted by molar-refractivity contribution is 5.50. The molecule has 6 nitrogen and oxygen atoms in total. The van der Waals surface area contributed by atoms with Crippen LogP contribution in [0.2, 0.25) is 0 Å². The van der Waals surface area contributed by atoms with Gasteiger partial charge in [-0.1, -0.05) is 0 Å². The van der Waals surface area contributed by atoms with E-state index in [9.17, 15) is 15.2 Å². The van der Waals surface area contributed by atoms with E-state index < -0.39 is 10.5 Å². The predicted octanol–water partition coefficient (Wildman–Crippen LogP) is 1.90. The van der Waals surface area contributed by atoms with Crippen molar-refractivity contribution in [1.82, 2.24) is 4.98 Å². The lowest BCUT2D eigenvalue weighted by molar-refractivity contribution is -0.385. The quantitative estimate of drug-likeness (QED) is 0.640. The molecule has 0 aliphatic rings. The summed E-state index contributed by atoms with van der Waals surface area (Å²) in [5.41, 5.74) is -0.128. The number of pyridine rings is 1. The number of aliphatic hydroxyl groups is 1. The standard InChI is InChI=1S/C12H19N3O3/c1-5-14(8-12(3,4)16)11-9(2)6-10(7-13-11)15(17)18/h6-7,16H,5,8H2,1-4H3. The monoisotopic (exact) mass is 253 g/mol. The van der Waals surface area contributed by atoms with Crippen LogP contribution in [-0.4, -0.2) is 33.7 Å². The van der Waals surface area contributed by atoms with Crippen LogP contribution in [0.3, 0.4) is 0 Å². The molecular formula is C12H19N3O3. The maximum Gasteiger partial charge on any atom is 0.287 e. The van der Waals surface area contributed by atoms with Crippen LogP contribution in [0.1, 0.15) is 26.3 Å². The second-order valence-electron chi connectivity index (χ2n) is 4.92. The van der Waals surface area contributed by atoms with E-state index in [1.807, 2.05) is 11.8 Å². The highest BCUT2D eigenvalue weighted by atomic mass is 16.6. The average Bonchev–Trinajstić information content (AvgIpc) is 2.24. The fourth-order valence-corrected chi connectivity index (χ4v) is 1.79. The Morgan fingerprint density at radius 2 is 2.17 bits per heavy atom. The van der Waals surface area contributed by atoms with Crippen molar-refractivity contribution in [3.63, 3.8) is 0 Å². The molecule has 0 aliphatic heterocycles. The van der Waals surface area contributed by atoms with E-state index in [4.69, 9.17) is 0 Å². The first-order chi connectivity index (χ1) is 8.24. The number of rotatable bonds is 5. The molecule has 1 rings (SSSR count). The molecule has 0 fully saturated rings. The summed E-state index contributed by atoms with van der Waals surface area (Å²) in [7, 11) is 0. The van der Waals surface area contributed by atoms with Gasteiger partial charge in [0.25, 0.3) is 5.69 Å².